The Morgan fingerprint density at radius 2 is 2.33 bits per heavy atom. The molecule has 0 saturated carbocycles. The third kappa shape index (κ3) is 1.96. The van der Waals surface area contributed by atoms with Crippen molar-refractivity contribution in [1.29, 1.82) is 0 Å². The van der Waals surface area contributed by atoms with Gasteiger partial charge in [-0.3, -0.25) is 0 Å². The third-order valence-corrected chi connectivity index (χ3v) is 3.87. The van der Waals surface area contributed by atoms with Crippen LogP contribution in [0.5, 0.6) is 0 Å². The van der Waals surface area contributed by atoms with Crippen LogP contribution in [0.3, 0.4) is 0 Å². The summed E-state index contributed by atoms with van der Waals surface area (Å²) in [7, 11) is 0. The molecule has 0 amide bonds. The molecule has 3 aromatic rings. The number of H-pyrrole nitrogens is 1. The quantitative estimate of drug-likeness (QED) is 0.726. The normalized spacial score (nSPS) is 11.2. The lowest BCUT2D eigenvalue weighted by Gasteiger charge is -2.02. The summed E-state index contributed by atoms with van der Waals surface area (Å²) in [6.07, 6.45) is 0. The van der Waals surface area contributed by atoms with Crippen LogP contribution >= 0.6 is 35.2 Å². The lowest BCUT2D eigenvalue weighted by Crippen LogP contribution is -1.99. The fraction of sp³-hybridized carbons (Fsp3) is 0.0909. The van der Waals surface area contributed by atoms with E-state index in [0.29, 0.717) is 16.8 Å². The van der Waals surface area contributed by atoms with E-state index in [2.05, 4.69) is 9.97 Å². The summed E-state index contributed by atoms with van der Waals surface area (Å²) in [4.78, 5) is 7.21. The standard InChI is InChI=1S/C11H7ClFN3S2/c12-7-1-9-10(2-8(7)13)16(11(17)15-9)3-6-4-18-5-14-6/h1-2,4-5H,3H2,(H,15,17). The van der Waals surface area contributed by atoms with Crippen molar-refractivity contribution in [3.05, 3.63) is 44.3 Å². The second-order valence-corrected chi connectivity index (χ2v) is 5.29. The Hall–Kier alpha value is -1.24. The Morgan fingerprint density at radius 3 is 3.06 bits per heavy atom. The Morgan fingerprint density at radius 1 is 1.50 bits per heavy atom. The number of fused-ring (bicyclic) bond motifs is 1. The van der Waals surface area contributed by atoms with Gasteiger partial charge < -0.3 is 9.55 Å². The maximum absolute atomic E-state index is 13.5. The number of aromatic amines is 1. The van der Waals surface area contributed by atoms with Gasteiger partial charge in [0.2, 0.25) is 0 Å². The molecule has 2 aromatic heterocycles. The zero-order chi connectivity index (χ0) is 12.7. The monoisotopic (exact) mass is 299 g/mol. The molecule has 7 heteroatoms. The van der Waals surface area contributed by atoms with Gasteiger partial charge in [-0.05, 0) is 18.3 Å². The van der Waals surface area contributed by atoms with Crippen LogP contribution in [0.25, 0.3) is 11.0 Å². The molecule has 3 rings (SSSR count). The lowest BCUT2D eigenvalue weighted by molar-refractivity contribution is 0.628. The van der Waals surface area contributed by atoms with E-state index in [-0.39, 0.29) is 5.02 Å². The smallest absolute Gasteiger partial charge is 0.178 e. The second-order valence-electron chi connectivity index (χ2n) is 3.78. The topological polar surface area (TPSA) is 33.6 Å². The first-order chi connectivity index (χ1) is 8.65. The van der Waals surface area contributed by atoms with Gasteiger partial charge in [0.1, 0.15) is 5.82 Å². The van der Waals surface area contributed by atoms with Gasteiger partial charge in [-0.2, -0.15) is 0 Å². The van der Waals surface area contributed by atoms with E-state index in [1.165, 1.54) is 17.4 Å². The minimum atomic E-state index is -0.454. The molecule has 1 N–H and O–H groups in total. The summed E-state index contributed by atoms with van der Waals surface area (Å²) in [6, 6.07) is 2.93. The zero-order valence-corrected chi connectivity index (χ0v) is 11.4. The molecule has 1 aromatic carbocycles. The van der Waals surface area contributed by atoms with Gasteiger partial charge in [-0.1, -0.05) is 11.6 Å². The van der Waals surface area contributed by atoms with Crippen molar-refractivity contribution < 1.29 is 4.39 Å². The fourth-order valence-electron chi connectivity index (χ4n) is 1.79. The molecule has 0 unspecified atom stereocenters. The summed E-state index contributed by atoms with van der Waals surface area (Å²) < 4.78 is 15.8. The minimum absolute atomic E-state index is 0.0829. The van der Waals surface area contributed by atoms with Crippen molar-refractivity contribution in [2.24, 2.45) is 0 Å². The molecule has 0 aliphatic rings. The molecule has 0 aliphatic carbocycles. The average molecular weight is 300 g/mol. The van der Waals surface area contributed by atoms with Crippen LogP contribution in [0, 0.1) is 10.6 Å². The molecule has 3 nitrogen and oxygen atoms in total. The summed E-state index contributed by atoms with van der Waals surface area (Å²) >= 11 is 12.5. The van der Waals surface area contributed by atoms with Crippen molar-refractivity contribution >= 4 is 46.2 Å². The van der Waals surface area contributed by atoms with E-state index in [9.17, 15) is 4.39 Å². The van der Waals surface area contributed by atoms with Gasteiger partial charge in [-0.25, -0.2) is 9.37 Å². The van der Waals surface area contributed by atoms with Gasteiger partial charge >= 0.3 is 0 Å². The van der Waals surface area contributed by atoms with Crippen LogP contribution < -0.4 is 0 Å². The number of thiazole rings is 1. The van der Waals surface area contributed by atoms with Gasteiger partial charge in [-0.15, -0.1) is 11.3 Å². The minimum Gasteiger partial charge on any atom is -0.331 e. The van der Waals surface area contributed by atoms with Crippen molar-refractivity contribution in [2.75, 3.05) is 0 Å². The highest BCUT2D eigenvalue weighted by Gasteiger charge is 2.10. The largest absolute Gasteiger partial charge is 0.331 e. The van der Waals surface area contributed by atoms with Crippen molar-refractivity contribution in [2.45, 2.75) is 6.54 Å². The van der Waals surface area contributed by atoms with Gasteiger partial charge in [0.05, 0.1) is 33.8 Å². The van der Waals surface area contributed by atoms with E-state index in [4.69, 9.17) is 23.8 Å². The molecular formula is C11H7ClFN3S2. The summed E-state index contributed by atoms with van der Waals surface area (Å²) in [6.45, 7) is 0.517. The second kappa shape index (κ2) is 4.46. The Bertz CT molecular complexity index is 761. The first-order valence-corrected chi connectivity index (χ1v) is 6.82. The van der Waals surface area contributed by atoms with E-state index in [1.54, 1.807) is 16.1 Å². The number of hydrogen-bond acceptors (Lipinski definition) is 3. The van der Waals surface area contributed by atoms with Crippen LogP contribution in [-0.4, -0.2) is 14.5 Å². The number of aromatic nitrogens is 3. The number of hydrogen-bond donors (Lipinski definition) is 1. The summed E-state index contributed by atoms with van der Waals surface area (Å²) in [5.41, 5.74) is 4.06. The number of benzene rings is 1. The number of imidazole rings is 1. The average Bonchev–Trinajstić information content (AvgIpc) is 2.92. The summed E-state index contributed by atoms with van der Waals surface area (Å²) in [5, 5.41) is 2.02. The van der Waals surface area contributed by atoms with Gasteiger partial charge in [0.25, 0.3) is 0 Å². The van der Waals surface area contributed by atoms with Crippen molar-refractivity contribution in [3.8, 4) is 0 Å². The van der Waals surface area contributed by atoms with E-state index in [0.717, 1.165) is 11.2 Å². The van der Waals surface area contributed by atoms with Crippen LogP contribution in [0.2, 0.25) is 5.02 Å². The van der Waals surface area contributed by atoms with Crippen LogP contribution in [0.15, 0.2) is 23.0 Å². The number of rotatable bonds is 2. The molecule has 2 heterocycles. The third-order valence-electron chi connectivity index (χ3n) is 2.62. The van der Waals surface area contributed by atoms with Crippen LogP contribution in [0.4, 0.5) is 4.39 Å². The van der Waals surface area contributed by atoms with Crippen LogP contribution in [-0.2, 0) is 6.54 Å². The van der Waals surface area contributed by atoms with Gasteiger partial charge in [0, 0.05) is 11.4 Å². The molecule has 0 bridgehead atoms. The van der Waals surface area contributed by atoms with Gasteiger partial charge in [0.15, 0.2) is 4.77 Å². The van der Waals surface area contributed by atoms with E-state index < -0.39 is 5.82 Å². The first-order valence-electron chi connectivity index (χ1n) is 5.10. The first kappa shape index (κ1) is 11.8. The van der Waals surface area contributed by atoms with Crippen LogP contribution in [0.1, 0.15) is 5.69 Å². The molecule has 0 aliphatic heterocycles. The Kier molecular flexibility index (Phi) is 2.93. The lowest BCUT2D eigenvalue weighted by atomic mass is 10.3. The number of halogens is 2. The maximum atomic E-state index is 13.5. The van der Waals surface area contributed by atoms with E-state index in [1.807, 2.05) is 5.38 Å². The molecule has 18 heavy (non-hydrogen) atoms. The van der Waals surface area contributed by atoms with Crippen molar-refractivity contribution in [1.82, 2.24) is 14.5 Å². The predicted molar refractivity (Wildman–Crippen MR) is 73.3 cm³/mol. The number of nitrogens with zero attached hydrogens (tertiary/aromatic N) is 2. The highest BCUT2D eigenvalue weighted by molar-refractivity contribution is 7.71. The SMILES string of the molecule is Fc1cc2c(cc1Cl)[nH]c(=S)n2Cc1cscn1. The predicted octanol–water partition coefficient (Wildman–Crippen LogP) is 4.00. The highest BCUT2D eigenvalue weighted by Crippen LogP contribution is 2.23. The molecule has 92 valence electrons. The molecule has 0 spiro atoms. The Balaban J connectivity index is 2.19. The molecular weight excluding hydrogens is 293 g/mol. The fourth-order valence-corrected chi connectivity index (χ4v) is 2.77. The molecule has 0 fully saturated rings. The maximum Gasteiger partial charge on any atom is 0.178 e. The molecule has 0 radical (unpaired) electrons. The van der Waals surface area contributed by atoms with E-state index >= 15 is 0 Å². The zero-order valence-electron chi connectivity index (χ0n) is 8.98. The number of nitrogens with one attached hydrogen (secondary N) is 1. The summed E-state index contributed by atoms with van der Waals surface area (Å²) in [5.74, 6) is -0.454. The van der Waals surface area contributed by atoms with Crippen molar-refractivity contribution in [3.63, 3.8) is 0 Å². The highest BCUT2D eigenvalue weighted by atomic mass is 35.5. The molecule has 0 atom stereocenters. The molecule has 0 saturated heterocycles. The Labute approximate surface area is 116 Å².